The van der Waals surface area contributed by atoms with E-state index in [4.69, 9.17) is 5.73 Å². The number of amides is 2. The molecule has 0 aliphatic heterocycles. The zero-order valence-corrected chi connectivity index (χ0v) is 11.5. The standard InChI is InChI=1S/C12H12N2O3S2/c13-11(16)12(17)14-5-8-1-2-9(19-8)10(15)7-3-4-18-6-7/h1-4,6,10,15H,5H2,(H2,13,16)(H,14,17). The van der Waals surface area contributed by atoms with Gasteiger partial charge in [-0.3, -0.25) is 9.59 Å². The Morgan fingerprint density at radius 3 is 2.79 bits per heavy atom. The Hall–Kier alpha value is -1.70. The van der Waals surface area contributed by atoms with Gasteiger partial charge in [-0.25, -0.2) is 0 Å². The van der Waals surface area contributed by atoms with Gasteiger partial charge in [-0.2, -0.15) is 11.3 Å². The Bertz CT molecular complexity index is 578. The molecule has 0 saturated heterocycles. The molecule has 0 aromatic carbocycles. The van der Waals surface area contributed by atoms with Gasteiger partial charge in [0.2, 0.25) is 0 Å². The fourth-order valence-corrected chi connectivity index (χ4v) is 3.13. The van der Waals surface area contributed by atoms with Gasteiger partial charge in [-0.1, -0.05) is 0 Å². The number of nitrogens with two attached hydrogens (primary N) is 1. The third-order valence-electron chi connectivity index (χ3n) is 2.46. The van der Waals surface area contributed by atoms with E-state index in [0.29, 0.717) is 0 Å². The maximum Gasteiger partial charge on any atom is 0.309 e. The van der Waals surface area contributed by atoms with Crippen molar-refractivity contribution in [2.45, 2.75) is 12.6 Å². The molecule has 19 heavy (non-hydrogen) atoms. The Balaban J connectivity index is 1.99. The summed E-state index contributed by atoms with van der Waals surface area (Å²) in [5, 5.41) is 16.3. The van der Waals surface area contributed by atoms with Gasteiger partial charge in [-0.15, -0.1) is 11.3 Å². The van der Waals surface area contributed by atoms with Crippen molar-refractivity contribution in [1.82, 2.24) is 5.32 Å². The summed E-state index contributed by atoms with van der Waals surface area (Å²) in [6, 6.07) is 5.47. The van der Waals surface area contributed by atoms with E-state index in [-0.39, 0.29) is 6.54 Å². The molecule has 1 unspecified atom stereocenters. The first kappa shape index (κ1) is 13.7. The quantitative estimate of drug-likeness (QED) is 0.735. The van der Waals surface area contributed by atoms with Crippen LogP contribution >= 0.6 is 22.7 Å². The molecule has 0 fully saturated rings. The highest BCUT2D eigenvalue weighted by Crippen LogP contribution is 2.29. The van der Waals surface area contributed by atoms with Crippen LogP contribution in [0, 0.1) is 0 Å². The number of aliphatic hydroxyl groups is 1. The number of carbonyl (C=O) groups excluding carboxylic acids is 2. The zero-order valence-electron chi connectivity index (χ0n) is 9.83. The van der Waals surface area contributed by atoms with Crippen molar-refractivity contribution in [3.05, 3.63) is 44.3 Å². The van der Waals surface area contributed by atoms with E-state index in [2.05, 4.69) is 5.32 Å². The molecule has 100 valence electrons. The van der Waals surface area contributed by atoms with Crippen LogP contribution in [0.25, 0.3) is 0 Å². The van der Waals surface area contributed by atoms with E-state index < -0.39 is 17.9 Å². The third-order valence-corrected chi connectivity index (χ3v) is 4.30. The van der Waals surface area contributed by atoms with E-state index in [1.54, 1.807) is 12.1 Å². The van der Waals surface area contributed by atoms with Gasteiger partial charge in [0.1, 0.15) is 6.10 Å². The minimum absolute atomic E-state index is 0.225. The van der Waals surface area contributed by atoms with Crippen molar-refractivity contribution in [2.75, 3.05) is 0 Å². The zero-order chi connectivity index (χ0) is 13.8. The van der Waals surface area contributed by atoms with Crippen LogP contribution in [0.5, 0.6) is 0 Å². The molecule has 2 heterocycles. The lowest BCUT2D eigenvalue weighted by molar-refractivity contribution is -0.137. The number of carbonyl (C=O) groups is 2. The first-order valence-electron chi connectivity index (χ1n) is 5.44. The van der Waals surface area contributed by atoms with Gasteiger partial charge >= 0.3 is 11.8 Å². The van der Waals surface area contributed by atoms with E-state index >= 15 is 0 Å². The molecule has 2 aromatic rings. The molecule has 7 heteroatoms. The molecule has 5 nitrogen and oxygen atoms in total. The van der Waals surface area contributed by atoms with Crippen molar-refractivity contribution >= 4 is 34.5 Å². The van der Waals surface area contributed by atoms with Gasteiger partial charge < -0.3 is 16.2 Å². The minimum Gasteiger partial charge on any atom is -0.383 e. The molecule has 2 rings (SSSR count). The average molecular weight is 296 g/mol. The molecule has 2 amide bonds. The number of rotatable bonds is 4. The second kappa shape index (κ2) is 5.96. The van der Waals surface area contributed by atoms with Crippen LogP contribution in [0.1, 0.15) is 21.4 Å². The summed E-state index contributed by atoms with van der Waals surface area (Å²) in [6.07, 6.45) is -0.656. The van der Waals surface area contributed by atoms with Crippen LogP contribution in [0.15, 0.2) is 29.0 Å². The molecule has 0 radical (unpaired) electrons. The van der Waals surface area contributed by atoms with Crippen molar-refractivity contribution in [3.8, 4) is 0 Å². The van der Waals surface area contributed by atoms with Crippen molar-refractivity contribution in [1.29, 1.82) is 0 Å². The van der Waals surface area contributed by atoms with E-state index in [1.807, 2.05) is 16.8 Å². The lowest BCUT2D eigenvalue weighted by Crippen LogP contribution is -2.35. The summed E-state index contributed by atoms with van der Waals surface area (Å²) >= 11 is 2.90. The van der Waals surface area contributed by atoms with Crippen LogP contribution in [0.2, 0.25) is 0 Å². The Morgan fingerprint density at radius 2 is 2.16 bits per heavy atom. The van der Waals surface area contributed by atoms with Gasteiger partial charge in [0.15, 0.2) is 0 Å². The predicted octanol–water partition coefficient (Wildman–Crippen LogP) is 0.993. The second-order valence-corrected chi connectivity index (χ2v) is 5.79. The molecule has 0 aliphatic rings. The maximum atomic E-state index is 11.0. The molecule has 1 atom stereocenters. The van der Waals surface area contributed by atoms with Gasteiger partial charge in [0.05, 0.1) is 6.54 Å². The summed E-state index contributed by atoms with van der Waals surface area (Å²) in [4.78, 5) is 23.2. The van der Waals surface area contributed by atoms with Crippen molar-refractivity contribution in [2.24, 2.45) is 5.73 Å². The van der Waals surface area contributed by atoms with Crippen LogP contribution in [0.4, 0.5) is 0 Å². The molecule has 0 saturated carbocycles. The van der Waals surface area contributed by atoms with Gasteiger partial charge in [0.25, 0.3) is 0 Å². The molecule has 0 aliphatic carbocycles. The lowest BCUT2D eigenvalue weighted by atomic mass is 10.2. The second-order valence-electron chi connectivity index (χ2n) is 3.81. The first-order valence-corrected chi connectivity index (χ1v) is 7.20. The van der Waals surface area contributed by atoms with E-state index in [9.17, 15) is 14.7 Å². The maximum absolute atomic E-state index is 11.0. The normalized spacial score (nSPS) is 12.1. The Labute approximate surface area is 117 Å². The SMILES string of the molecule is NC(=O)C(=O)NCc1ccc(C(O)c2ccsc2)s1. The van der Waals surface area contributed by atoms with E-state index in [0.717, 1.165) is 15.3 Å². The van der Waals surface area contributed by atoms with Crippen LogP contribution < -0.4 is 11.1 Å². The molecule has 4 N–H and O–H groups in total. The third kappa shape index (κ3) is 3.40. The predicted molar refractivity (Wildman–Crippen MR) is 73.7 cm³/mol. The molecular weight excluding hydrogens is 284 g/mol. The highest BCUT2D eigenvalue weighted by atomic mass is 32.1. The lowest BCUT2D eigenvalue weighted by Gasteiger charge is -2.05. The summed E-state index contributed by atoms with van der Waals surface area (Å²) in [6.45, 7) is 0.225. The highest BCUT2D eigenvalue weighted by molar-refractivity contribution is 7.12. The van der Waals surface area contributed by atoms with Gasteiger partial charge in [0, 0.05) is 9.75 Å². The molecule has 0 spiro atoms. The number of aliphatic hydroxyl groups excluding tert-OH is 1. The summed E-state index contributed by atoms with van der Waals surface area (Å²) in [5.74, 6) is -1.82. The Kier molecular flexibility index (Phi) is 4.31. The Morgan fingerprint density at radius 1 is 1.37 bits per heavy atom. The summed E-state index contributed by atoms with van der Waals surface area (Å²) in [7, 11) is 0. The largest absolute Gasteiger partial charge is 0.383 e. The number of nitrogens with one attached hydrogen (secondary N) is 1. The molecule has 2 aromatic heterocycles. The van der Waals surface area contributed by atoms with E-state index in [1.165, 1.54) is 22.7 Å². The summed E-state index contributed by atoms with van der Waals surface area (Å²) in [5.41, 5.74) is 5.68. The smallest absolute Gasteiger partial charge is 0.309 e. The van der Waals surface area contributed by atoms with Crippen molar-refractivity contribution in [3.63, 3.8) is 0 Å². The molecular formula is C12H12N2O3S2. The first-order chi connectivity index (χ1) is 9.08. The number of primary amides is 1. The van der Waals surface area contributed by atoms with Crippen LogP contribution in [0.3, 0.4) is 0 Å². The van der Waals surface area contributed by atoms with Crippen LogP contribution in [-0.2, 0) is 16.1 Å². The average Bonchev–Trinajstić information content (AvgIpc) is 3.06. The topological polar surface area (TPSA) is 92.4 Å². The summed E-state index contributed by atoms with van der Waals surface area (Å²) < 4.78 is 0. The fourth-order valence-electron chi connectivity index (χ4n) is 1.49. The highest BCUT2D eigenvalue weighted by Gasteiger charge is 2.14. The minimum atomic E-state index is -1.00. The fraction of sp³-hybridized carbons (Fsp3) is 0.167. The van der Waals surface area contributed by atoms with Crippen molar-refractivity contribution < 1.29 is 14.7 Å². The van der Waals surface area contributed by atoms with Crippen LogP contribution in [-0.4, -0.2) is 16.9 Å². The monoisotopic (exact) mass is 296 g/mol. The number of hydrogen-bond donors (Lipinski definition) is 3. The number of hydrogen-bond acceptors (Lipinski definition) is 5. The molecule has 0 bridgehead atoms. The van der Waals surface area contributed by atoms with Gasteiger partial charge in [-0.05, 0) is 34.5 Å². The number of thiophene rings is 2.